The molecule has 1 nitrogen and oxygen atoms in total. The molecule has 3 aromatic rings. The van der Waals surface area contributed by atoms with E-state index in [1.54, 1.807) is 0 Å². The van der Waals surface area contributed by atoms with Crippen LogP contribution >= 0.6 is 46.4 Å². The van der Waals surface area contributed by atoms with Gasteiger partial charge in [0.25, 0.3) is 0 Å². The molecule has 1 aromatic heterocycles. The Kier molecular flexibility index (Phi) is 6.95. The van der Waals surface area contributed by atoms with Gasteiger partial charge in [0.1, 0.15) is 0 Å². The summed E-state index contributed by atoms with van der Waals surface area (Å²) in [4.78, 5) is 4.38. The van der Waals surface area contributed by atoms with Crippen molar-refractivity contribution in [1.29, 1.82) is 0 Å². The van der Waals surface area contributed by atoms with Crippen LogP contribution in [0, 0.1) is 0 Å². The summed E-state index contributed by atoms with van der Waals surface area (Å²) < 4.78 is 0. The predicted octanol–water partition coefficient (Wildman–Crippen LogP) is 8.53. The van der Waals surface area contributed by atoms with Gasteiger partial charge in [0.05, 0.1) is 0 Å². The van der Waals surface area contributed by atoms with Crippen LogP contribution in [-0.4, -0.2) is 4.98 Å². The first-order valence-corrected chi connectivity index (χ1v) is 11.8. The molecule has 5 heteroatoms. The third-order valence-corrected chi connectivity index (χ3v) is 7.53. The van der Waals surface area contributed by atoms with Crippen molar-refractivity contribution in [2.75, 3.05) is 0 Å². The maximum atomic E-state index is 6.48. The van der Waals surface area contributed by atoms with E-state index in [1.807, 2.05) is 48.8 Å². The monoisotopic (exact) mass is 477 g/mol. The Labute approximate surface area is 198 Å². The molecule has 1 aliphatic carbocycles. The van der Waals surface area contributed by atoms with Crippen molar-refractivity contribution in [2.24, 2.45) is 0 Å². The molecule has 0 bridgehead atoms. The van der Waals surface area contributed by atoms with Crippen LogP contribution in [-0.2, 0) is 24.7 Å². The molecule has 0 atom stereocenters. The lowest BCUT2D eigenvalue weighted by molar-refractivity contribution is 0.310. The van der Waals surface area contributed by atoms with Gasteiger partial charge in [-0.05, 0) is 103 Å². The highest BCUT2D eigenvalue weighted by Crippen LogP contribution is 2.44. The van der Waals surface area contributed by atoms with Crippen LogP contribution in [0.3, 0.4) is 0 Å². The van der Waals surface area contributed by atoms with Crippen LogP contribution in [0.1, 0.15) is 47.9 Å². The number of hydrogen-bond acceptors (Lipinski definition) is 1. The second-order valence-corrected chi connectivity index (χ2v) is 9.83. The minimum atomic E-state index is 0.0719. The quantitative estimate of drug-likeness (QED) is 0.345. The van der Waals surface area contributed by atoms with Crippen molar-refractivity contribution in [3.8, 4) is 0 Å². The third kappa shape index (κ3) is 4.81. The van der Waals surface area contributed by atoms with E-state index in [0.29, 0.717) is 10.0 Å². The van der Waals surface area contributed by atoms with Gasteiger partial charge < -0.3 is 0 Å². The minimum absolute atomic E-state index is 0.0719. The molecule has 30 heavy (non-hydrogen) atoms. The Morgan fingerprint density at radius 2 is 1.40 bits per heavy atom. The topological polar surface area (TPSA) is 12.9 Å². The van der Waals surface area contributed by atoms with Crippen LogP contribution in [0.2, 0.25) is 20.1 Å². The fourth-order valence-electron chi connectivity index (χ4n) is 4.74. The largest absolute Gasteiger partial charge is 0.264 e. The van der Waals surface area contributed by atoms with E-state index in [0.717, 1.165) is 59.7 Å². The lowest BCUT2D eigenvalue weighted by Gasteiger charge is -2.40. The molecular formula is C25H23Cl4N. The van der Waals surface area contributed by atoms with E-state index in [1.165, 1.54) is 17.5 Å². The molecule has 156 valence electrons. The normalized spacial score (nSPS) is 15.1. The highest BCUT2D eigenvalue weighted by Gasteiger charge is 2.36. The molecule has 0 aliphatic heterocycles. The van der Waals surface area contributed by atoms with Crippen LogP contribution < -0.4 is 0 Å². The van der Waals surface area contributed by atoms with Gasteiger partial charge in [-0.3, -0.25) is 4.98 Å². The lowest BCUT2D eigenvalue weighted by atomic mass is 9.65. The number of halogens is 4. The molecule has 0 N–H and O–H groups in total. The molecule has 0 fully saturated rings. The Morgan fingerprint density at radius 3 is 1.97 bits per heavy atom. The number of benzene rings is 2. The maximum Gasteiger partial charge on any atom is 0.0452 e. The van der Waals surface area contributed by atoms with Crippen molar-refractivity contribution in [1.82, 2.24) is 4.98 Å². The molecule has 4 rings (SSSR count). The number of hydrogen-bond donors (Lipinski definition) is 0. The van der Waals surface area contributed by atoms with E-state index in [-0.39, 0.29) is 5.41 Å². The van der Waals surface area contributed by atoms with E-state index in [9.17, 15) is 0 Å². The van der Waals surface area contributed by atoms with Crippen molar-refractivity contribution in [3.05, 3.63) is 97.2 Å². The van der Waals surface area contributed by atoms with Crippen LogP contribution in [0.15, 0.2) is 54.9 Å². The second-order valence-electron chi connectivity index (χ2n) is 8.14. The summed E-state index contributed by atoms with van der Waals surface area (Å²) in [5.41, 5.74) is 5.16. The van der Waals surface area contributed by atoms with Crippen molar-refractivity contribution < 1.29 is 0 Å². The molecule has 1 heterocycles. The lowest BCUT2D eigenvalue weighted by Crippen LogP contribution is -2.32. The number of nitrogens with zero attached hydrogens (tertiary/aromatic N) is 1. The SMILES string of the molecule is Clc1ccc(CCC2(CCc3ccc(Cl)cc3Cl)CCCc3cnccc32)c(Cl)c1. The van der Waals surface area contributed by atoms with Crippen LogP contribution in [0.25, 0.3) is 0 Å². The summed E-state index contributed by atoms with van der Waals surface area (Å²) in [5, 5.41) is 2.82. The molecule has 0 radical (unpaired) electrons. The number of aromatic nitrogens is 1. The van der Waals surface area contributed by atoms with Gasteiger partial charge in [-0.25, -0.2) is 0 Å². The van der Waals surface area contributed by atoms with Gasteiger partial charge in [-0.2, -0.15) is 0 Å². The highest BCUT2D eigenvalue weighted by atomic mass is 35.5. The zero-order valence-corrected chi connectivity index (χ0v) is 19.6. The smallest absolute Gasteiger partial charge is 0.0452 e. The Bertz CT molecular complexity index is 992. The van der Waals surface area contributed by atoms with Crippen molar-refractivity contribution >= 4 is 46.4 Å². The zero-order chi connectivity index (χ0) is 21.1. The number of aryl methyl sites for hydroxylation is 3. The number of rotatable bonds is 6. The first-order valence-electron chi connectivity index (χ1n) is 10.3. The molecule has 0 saturated carbocycles. The Morgan fingerprint density at radius 1 is 0.800 bits per heavy atom. The fraction of sp³-hybridized carbons (Fsp3) is 0.320. The average molecular weight is 479 g/mol. The number of fused-ring (bicyclic) bond motifs is 1. The van der Waals surface area contributed by atoms with E-state index < -0.39 is 0 Å². The molecule has 0 saturated heterocycles. The number of pyridine rings is 1. The molecular weight excluding hydrogens is 456 g/mol. The summed E-state index contributed by atoms with van der Waals surface area (Å²) >= 11 is 25.1. The first kappa shape index (κ1) is 22.0. The van der Waals surface area contributed by atoms with Crippen LogP contribution in [0.4, 0.5) is 0 Å². The molecule has 2 aromatic carbocycles. The van der Waals surface area contributed by atoms with Gasteiger partial charge in [0.15, 0.2) is 0 Å². The molecule has 0 spiro atoms. The fourth-order valence-corrected chi connectivity index (χ4v) is 5.74. The Balaban J connectivity index is 1.63. The van der Waals surface area contributed by atoms with Crippen molar-refractivity contribution in [3.63, 3.8) is 0 Å². The Hall–Kier alpha value is -1.25. The second kappa shape index (κ2) is 9.49. The standard InChI is InChI=1S/C25H23Cl4N/c26-20-5-3-17(23(28)14-20)7-11-25(10-1-2-19-16-30-13-9-22(19)25)12-8-18-4-6-21(27)15-24(18)29/h3-6,9,13-16H,1-2,7-8,10-12H2. The van der Waals surface area contributed by atoms with Gasteiger partial charge in [0.2, 0.25) is 0 Å². The van der Waals surface area contributed by atoms with E-state index in [2.05, 4.69) is 11.1 Å². The summed E-state index contributed by atoms with van der Waals surface area (Å²) in [7, 11) is 0. The van der Waals surface area contributed by atoms with Crippen molar-refractivity contribution in [2.45, 2.75) is 50.4 Å². The summed E-state index contributed by atoms with van der Waals surface area (Å²) in [6, 6.07) is 13.8. The average Bonchev–Trinajstić information content (AvgIpc) is 2.73. The van der Waals surface area contributed by atoms with Gasteiger partial charge in [-0.1, -0.05) is 58.5 Å². The maximum absolute atomic E-state index is 6.48. The molecule has 1 aliphatic rings. The summed E-state index contributed by atoms with van der Waals surface area (Å²) in [6.45, 7) is 0. The predicted molar refractivity (Wildman–Crippen MR) is 128 cm³/mol. The third-order valence-electron chi connectivity index (χ3n) is 6.35. The van der Waals surface area contributed by atoms with Gasteiger partial charge >= 0.3 is 0 Å². The molecule has 0 amide bonds. The summed E-state index contributed by atoms with van der Waals surface area (Å²) in [6.07, 6.45) is 11.2. The minimum Gasteiger partial charge on any atom is -0.264 e. The summed E-state index contributed by atoms with van der Waals surface area (Å²) in [5.74, 6) is 0. The highest BCUT2D eigenvalue weighted by molar-refractivity contribution is 6.35. The van der Waals surface area contributed by atoms with Crippen LogP contribution in [0.5, 0.6) is 0 Å². The molecule has 0 unspecified atom stereocenters. The van der Waals surface area contributed by atoms with Gasteiger partial charge in [-0.15, -0.1) is 0 Å². The zero-order valence-electron chi connectivity index (χ0n) is 16.6. The van der Waals surface area contributed by atoms with Gasteiger partial charge in [0, 0.05) is 32.5 Å². The van der Waals surface area contributed by atoms with E-state index in [4.69, 9.17) is 46.4 Å². The van der Waals surface area contributed by atoms with E-state index >= 15 is 0 Å². The first-order chi connectivity index (χ1) is 14.5.